The average molecular weight is 315 g/mol. The number of nitrogens with zero attached hydrogens (tertiary/aromatic N) is 1. The van der Waals surface area contributed by atoms with Gasteiger partial charge in [-0.1, -0.05) is 19.8 Å². The first-order chi connectivity index (χ1) is 10.2. The lowest BCUT2D eigenvalue weighted by molar-refractivity contribution is -0.0217. The van der Waals surface area contributed by atoms with Crippen molar-refractivity contribution in [3.05, 3.63) is 0 Å². The van der Waals surface area contributed by atoms with Gasteiger partial charge in [0.1, 0.15) is 0 Å². The molecule has 0 aromatic heterocycles. The maximum absolute atomic E-state index is 10.5. The van der Waals surface area contributed by atoms with Gasteiger partial charge in [0.05, 0.1) is 11.2 Å². The summed E-state index contributed by atoms with van der Waals surface area (Å²) in [4.78, 5) is 2.29. The average Bonchev–Trinajstić information content (AvgIpc) is 2.41. The molecule has 4 nitrogen and oxygen atoms in total. The van der Waals surface area contributed by atoms with Crippen LogP contribution in [0.1, 0.15) is 65.7 Å². The van der Waals surface area contributed by atoms with Crippen molar-refractivity contribution in [1.82, 2.24) is 10.2 Å². The molecular formula is C18H38N2O2. The summed E-state index contributed by atoms with van der Waals surface area (Å²) in [6.07, 6.45) is 7.00. The van der Waals surface area contributed by atoms with Gasteiger partial charge in [-0.05, 0) is 72.0 Å². The molecule has 0 unspecified atom stereocenters. The van der Waals surface area contributed by atoms with E-state index in [2.05, 4.69) is 24.2 Å². The zero-order chi connectivity index (χ0) is 16.6. The molecule has 22 heavy (non-hydrogen) atoms. The predicted molar refractivity (Wildman–Crippen MR) is 93.1 cm³/mol. The number of nitrogens with one attached hydrogen (secondary N) is 1. The van der Waals surface area contributed by atoms with Gasteiger partial charge in [-0.25, -0.2) is 0 Å². The zero-order valence-corrected chi connectivity index (χ0v) is 15.2. The van der Waals surface area contributed by atoms with Crippen molar-refractivity contribution in [2.24, 2.45) is 5.92 Å². The van der Waals surface area contributed by atoms with Crippen LogP contribution in [0.2, 0.25) is 0 Å². The van der Waals surface area contributed by atoms with Crippen molar-refractivity contribution in [3.63, 3.8) is 0 Å². The molecule has 1 aliphatic rings. The van der Waals surface area contributed by atoms with Gasteiger partial charge in [0, 0.05) is 13.1 Å². The van der Waals surface area contributed by atoms with Gasteiger partial charge in [-0.2, -0.15) is 0 Å². The van der Waals surface area contributed by atoms with Crippen molar-refractivity contribution in [2.75, 3.05) is 33.2 Å². The fourth-order valence-corrected chi connectivity index (χ4v) is 3.11. The molecule has 1 heterocycles. The number of rotatable bonds is 10. The molecule has 0 aromatic carbocycles. The SMILES string of the molecule is C[C@H](CCCC(C)(C)O)CCNCCC1(O)CCN(C)CC1. The Morgan fingerprint density at radius 3 is 2.41 bits per heavy atom. The molecule has 1 aliphatic heterocycles. The first-order valence-corrected chi connectivity index (χ1v) is 9.04. The Morgan fingerprint density at radius 1 is 1.18 bits per heavy atom. The van der Waals surface area contributed by atoms with Gasteiger partial charge < -0.3 is 20.4 Å². The van der Waals surface area contributed by atoms with E-state index >= 15 is 0 Å². The lowest BCUT2D eigenvalue weighted by Crippen LogP contribution is -2.44. The summed E-state index contributed by atoms with van der Waals surface area (Å²) in [5.41, 5.74) is -0.973. The highest BCUT2D eigenvalue weighted by molar-refractivity contribution is 4.85. The Hall–Kier alpha value is -0.160. The highest BCUT2D eigenvalue weighted by atomic mass is 16.3. The molecule has 0 saturated carbocycles. The third-order valence-electron chi connectivity index (χ3n) is 4.98. The van der Waals surface area contributed by atoms with Crippen LogP contribution in [0.25, 0.3) is 0 Å². The Bertz CT molecular complexity index is 294. The molecule has 0 aliphatic carbocycles. The van der Waals surface area contributed by atoms with Crippen LogP contribution in [0, 0.1) is 5.92 Å². The minimum absolute atomic E-state index is 0.447. The second-order valence-electron chi connectivity index (χ2n) is 8.13. The molecule has 0 aromatic rings. The monoisotopic (exact) mass is 314 g/mol. The first kappa shape index (κ1) is 19.9. The smallest absolute Gasteiger partial charge is 0.0684 e. The van der Waals surface area contributed by atoms with E-state index in [4.69, 9.17) is 0 Å². The Kier molecular flexibility index (Phi) is 8.33. The molecule has 1 saturated heterocycles. The van der Waals surface area contributed by atoms with Crippen LogP contribution < -0.4 is 5.32 Å². The Balaban J connectivity index is 2.00. The van der Waals surface area contributed by atoms with E-state index in [1.54, 1.807) is 0 Å². The highest BCUT2D eigenvalue weighted by Crippen LogP contribution is 2.24. The Morgan fingerprint density at radius 2 is 1.82 bits per heavy atom. The largest absolute Gasteiger partial charge is 0.390 e. The highest BCUT2D eigenvalue weighted by Gasteiger charge is 2.30. The summed E-state index contributed by atoms with van der Waals surface area (Å²) in [5, 5.41) is 23.7. The second kappa shape index (κ2) is 9.21. The van der Waals surface area contributed by atoms with Crippen LogP contribution in [0.3, 0.4) is 0 Å². The molecule has 4 heteroatoms. The molecule has 0 radical (unpaired) electrons. The van der Waals surface area contributed by atoms with E-state index < -0.39 is 11.2 Å². The van der Waals surface area contributed by atoms with Crippen molar-refractivity contribution in [1.29, 1.82) is 0 Å². The number of hydrogen-bond donors (Lipinski definition) is 3. The Labute approximate surface area is 137 Å². The summed E-state index contributed by atoms with van der Waals surface area (Å²) in [5.74, 6) is 0.696. The standard InChI is InChI=1S/C18H38N2O2/c1-16(6-5-8-17(2,3)21)7-12-19-13-9-18(22)10-14-20(4)15-11-18/h16,19,21-22H,5-15H2,1-4H3/t16-/m1/s1. The number of piperidine rings is 1. The summed E-state index contributed by atoms with van der Waals surface area (Å²) < 4.78 is 0. The van der Waals surface area contributed by atoms with Crippen LogP contribution >= 0.6 is 0 Å². The van der Waals surface area contributed by atoms with Gasteiger partial charge in [0.25, 0.3) is 0 Å². The van der Waals surface area contributed by atoms with Gasteiger partial charge >= 0.3 is 0 Å². The third kappa shape index (κ3) is 9.09. The third-order valence-corrected chi connectivity index (χ3v) is 4.98. The van der Waals surface area contributed by atoms with Crippen molar-refractivity contribution >= 4 is 0 Å². The minimum Gasteiger partial charge on any atom is -0.390 e. The van der Waals surface area contributed by atoms with Crippen LogP contribution in [0.4, 0.5) is 0 Å². The van der Waals surface area contributed by atoms with E-state index in [0.717, 1.165) is 58.3 Å². The van der Waals surface area contributed by atoms with Crippen LogP contribution in [0.15, 0.2) is 0 Å². The number of likely N-dealkylation sites (tertiary alicyclic amines) is 1. The van der Waals surface area contributed by atoms with E-state index in [1.807, 2.05) is 13.8 Å². The summed E-state index contributed by atoms with van der Waals surface area (Å²) in [6, 6.07) is 0. The normalized spacial score (nSPS) is 21.0. The summed E-state index contributed by atoms with van der Waals surface area (Å²) in [6.45, 7) is 10.0. The minimum atomic E-state index is -0.526. The molecular weight excluding hydrogens is 276 g/mol. The maximum Gasteiger partial charge on any atom is 0.0684 e. The topological polar surface area (TPSA) is 55.7 Å². The molecule has 1 fully saturated rings. The predicted octanol–water partition coefficient (Wildman–Crippen LogP) is 2.39. The molecule has 1 atom stereocenters. The van der Waals surface area contributed by atoms with Crippen molar-refractivity contribution < 1.29 is 10.2 Å². The molecule has 0 bridgehead atoms. The van der Waals surface area contributed by atoms with Crippen molar-refractivity contribution in [3.8, 4) is 0 Å². The van der Waals surface area contributed by atoms with Gasteiger partial charge in [0.2, 0.25) is 0 Å². The van der Waals surface area contributed by atoms with Gasteiger partial charge in [0.15, 0.2) is 0 Å². The molecule has 1 rings (SSSR count). The lowest BCUT2D eigenvalue weighted by atomic mass is 9.88. The first-order valence-electron chi connectivity index (χ1n) is 9.04. The molecule has 132 valence electrons. The number of hydrogen-bond acceptors (Lipinski definition) is 4. The van der Waals surface area contributed by atoms with E-state index in [9.17, 15) is 10.2 Å². The van der Waals surface area contributed by atoms with Crippen LogP contribution in [0.5, 0.6) is 0 Å². The van der Waals surface area contributed by atoms with Gasteiger partial charge in [-0.3, -0.25) is 0 Å². The quantitative estimate of drug-likeness (QED) is 0.542. The number of aliphatic hydroxyl groups is 2. The molecule has 0 amide bonds. The maximum atomic E-state index is 10.5. The van der Waals surface area contributed by atoms with Crippen LogP contribution in [-0.2, 0) is 0 Å². The summed E-state index contributed by atoms with van der Waals surface area (Å²) >= 11 is 0. The second-order valence-corrected chi connectivity index (χ2v) is 8.13. The fraction of sp³-hybridized carbons (Fsp3) is 1.00. The van der Waals surface area contributed by atoms with Gasteiger partial charge in [-0.15, -0.1) is 0 Å². The molecule has 3 N–H and O–H groups in total. The van der Waals surface area contributed by atoms with Crippen molar-refractivity contribution in [2.45, 2.75) is 76.9 Å². The lowest BCUT2D eigenvalue weighted by Gasteiger charge is -2.36. The zero-order valence-electron chi connectivity index (χ0n) is 15.2. The fourth-order valence-electron chi connectivity index (χ4n) is 3.11. The van der Waals surface area contributed by atoms with E-state index in [0.29, 0.717) is 5.92 Å². The summed E-state index contributed by atoms with van der Waals surface area (Å²) in [7, 11) is 2.12. The van der Waals surface area contributed by atoms with Crippen LogP contribution in [-0.4, -0.2) is 59.5 Å². The molecule has 0 spiro atoms. The van der Waals surface area contributed by atoms with E-state index in [-0.39, 0.29) is 0 Å². The van der Waals surface area contributed by atoms with E-state index in [1.165, 1.54) is 12.8 Å².